The third kappa shape index (κ3) is 5.51. The molecule has 0 spiro atoms. The number of halogens is 1. The van der Waals surface area contributed by atoms with Crippen molar-refractivity contribution in [3.05, 3.63) is 106 Å². The number of rotatable bonds is 5. The molecule has 2 heterocycles. The molecule has 4 nitrogen and oxygen atoms in total. The van der Waals surface area contributed by atoms with Gasteiger partial charge in [0.2, 0.25) is 0 Å². The van der Waals surface area contributed by atoms with Crippen molar-refractivity contribution in [1.82, 2.24) is 10.2 Å². The molecular formula is C31H38FN3O. The van der Waals surface area contributed by atoms with Gasteiger partial charge in [0.1, 0.15) is 5.82 Å². The Morgan fingerprint density at radius 2 is 1.81 bits per heavy atom. The van der Waals surface area contributed by atoms with Crippen molar-refractivity contribution >= 4 is 11.6 Å². The van der Waals surface area contributed by atoms with Crippen LogP contribution in [0.4, 0.5) is 4.39 Å². The lowest BCUT2D eigenvalue weighted by molar-refractivity contribution is 0.0680. The van der Waals surface area contributed by atoms with Gasteiger partial charge in [-0.2, -0.15) is 0 Å². The van der Waals surface area contributed by atoms with Gasteiger partial charge in [-0.25, -0.2) is 4.39 Å². The van der Waals surface area contributed by atoms with Crippen LogP contribution >= 0.6 is 0 Å². The highest BCUT2D eigenvalue weighted by Crippen LogP contribution is 2.29. The molecule has 1 N–H and O–H groups in total. The first-order valence-electron chi connectivity index (χ1n) is 12.7. The molecule has 36 heavy (non-hydrogen) atoms. The summed E-state index contributed by atoms with van der Waals surface area (Å²) in [5.41, 5.74) is 8.35. The largest absolute Gasteiger partial charge is 0.382 e. The SMILES string of the molecule is C=C(C)N=C(c1cccc(F)c1)c1ccc(C(=O)N2CCC(C3C=C(C)C(C)=C(C)N3)CC2)cc1C.[HH]. The van der Waals surface area contributed by atoms with E-state index in [1.165, 1.54) is 29.0 Å². The maximum Gasteiger partial charge on any atom is 0.253 e. The smallest absolute Gasteiger partial charge is 0.253 e. The average molecular weight is 488 g/mol. The molecule has 0 saturated carbocycles. The Balaban J connectivity index is 0.00000380. The van der Waals surface area contributed by atoms with E-state index >= 15 is 0 Å². The second kappa shape index (κ2) is 10.7. The Labute approximate surface area is 215 Å². The molecule has 2 aliphatic rings. The third-order valence-electron chi connectivity index (χ3n) is 7.43. The minimum atomic E-state index is -0.315. The van der Waals surface area contributed by atoms with Gasteiger partial charge in [0.25, 0.3) is 5.91 Å². The number of piperidine rings is 1. The number of nitrogens with one attached hydrogen (secondary N) is 1. The molecule has 1 fully saturated rings. The predicted octanol–water partition coefficient (Wildman–Crippen LogP) is 6.82. The number of aryl methyl sites for hydroxylation is 1. The molecular weight excluding hydrogens is 449 g/mol. The predicted molar refractivity (Wildman–Crippen MR) is 148 cm³/mol. The molecule has 4 rings (SSSR count). The molecule has 2 aromatic rings. The Morgan fingerprint density at radius 1 is 1.08 bits per heavy atom. The lowest BCUT2D eigenvalue weighted by Gasteiger charge is -2.37. The van der Waals surface area contributed by atoms with Crippen LogP contribution in [-0.4, -0.2) is 35.7 Å². The zero-order valence-corrected chi connectivity index (χ0v) is 22.0. The van der Waals surface area contributed by atoms with Gasteiger partial charge < -0.3 is 10.2 Å². The monoisotopic (exact) mass is 487 g/mol. The van der Waals surface area contributed by atoms with E-state index in [2.05, 4.69) is 43.7 Å². The van der Waals surface area contributed by atoms with Crippen LogP contribution < -0.4 is 5.32 Å². The van der Waals surface area contributed by atoms with Crippen LogP contribution in [0.2, 0.25) is 0 Å². The van der Waals surface area contributed by atoms with Crippen LogP contribution in [0, 0.1) is 18.7 Å². The summed E-state index contributed by atoms with van der Waals surface area (Å²) in [4.78, 5) is 19.9. The van der Waals surface area contributed by atoms with Gasteiger partial charge >= 0.3 is 0 Å². The van der Waals surface area contributed by atoms with E-state index in [4.69, 9.17) is 0 Å². The Bertz CT molecular complexity index is 1290. The Hall–Kier alpha value is -3.47. The Kier molecular flexibility index (Phi) is 7.58. The van der Waals surface area contributed by atoms with Gasteiger partial charge in [0.15, 0.2) is 0 Å². The fraction of sp³-hybridized carbons (Fsp3) is 0.355. The number of benzene rings is 2. The molecule has 2 aliphatic heterocycles. The second-order valence-electron chi connectivity index (χ2n) is 10.1. The van der Waals surface area contributed by atoms with Crippen LogP contribution in [0.25, 0.3) is 0 Å². The van der Waals surface area contributed by atoms with Gasteiger partial charge in [-0.05, 0) is 94.4 Å². The standard InChI is InChI=1S/C31H36FN3O.H2/c1-19(2)33-30(25-8-7-9-27(32)18-25)28-11-10-26(16-21(28)4)31(36)35-14-12-24(13-15-35)29-17-20(3)22(5)23(6)34-29;/h7-11,16-18,24,29,34H,1,12-15H2,2-6H3;1H. The highest BCUT2D eigenvalue weighted by Gasteiger charge is 2.30. The molecule has 1 saturated heterocycles. The van der Waals surface area contributed by atoms with Gasteiger partial charge in [-0.15, -0.1) is 0 Å². The van der Waals surface area contributed by atoms with Crippen LogP contribution in [-0.2, 0) is 0 Å². The number of likely N-dealkylation sites (tertiary alicyclic amines) is 1. The lowest BCUT2D eigenvalue weighted by atomic mass is 9.85. The zero-order valence-electron chi connectivity index (χ0n) is 22.0. The summed E-state index contributed by atoms with van der Waals surface area (Å²) in [7, 11) is 0. The van der Waals surface area contributed by atoms with Crippen LogP contribution in [0.15, 0.2) is 82.7 Å². The first-order chi connectivity index (χ1) is 17.1. The van der Waals surface area contributed by atoms with E-state index in [0.29, 0.717) is 34.5 Å². The number of dihydropyridines is 1. The number of hydrogen-bond donors (Lipinski definition) is 1. The van der Waals surface area contributed by atoms with E-state index in [9.17, 15) is 9.18 Å². The number of carbonyl (C=O) groups is 1. The summed E-state index contributed by atoms with van der Waals surface area (Å²) in [5.74, 6) is 0.260. The van der Waals surface area contributed by atoms with Crippen molar-refractivity contribution in [3.8, 4) is 0 Å². The molecule has 190 valence electrons. The first kappa shape index (κ1) is 25.6. The molecule has 0 bridgehead atoms. The molecule has 1 amide bonds. The number of nitrogens with zero attached hydrogens (tertiary/aromatic N) is 2. The highest BCUT2D eigenvalue weighted by atomic mass is 19.1. The van der Waals surface area contributed by atoms with E-state index in [-0.39, 0.29) is 13.2 Å². The topological polar surface area (TPSA) is 44.7 Å². The van der Waals surface area contributed by atoms with Crippen molar-refractivity contribution in [2.24, 2.45) is 10.9 Å². The first-order valence-corrected chi connectivity index (χ1v) is 12.7. The summed E-state index contributed by atoms with van der Waals surface area (Å²) in [6.45, 7) is 15.7. The van der Waals surface area contributed by atoms with Gasteiger partial charge in [-0.3, -0.25) is 9.79 Å². The van der Waals surface area contributed by atoms with E-state index in [1.54, 1.807) is 6.07 Å². The van der Waals surface area contributed by atoms with Crippen molar-refractivity contribution in [2.45, 2.75) is 53.5 Å². The quantitative estimate of drug-likeness (QED) is 0.471. The van der Waals surface area contributed by atoms with Crippen LogP contribution in [0.1, 0.15) is 69.0 Å². The second-order valence-corrected chi connectivity index (χ2v) is 10.1. The van der Waals surface area contributed by atoms with E-state index in [0.717, 1.165) is 37.1 Å². The molecule has 0 aromatic heterocycles. The minimum Gasteiger partial charge on any atom is -0.382 e. The Morgan fingerprint density at radius 3 is 2.42 bits per heavy atom. The fourth-order valence-corrected chi connectivity index (χ4v) is 5.16. The number of hydrogen-bond acceptors (Lipinski definition) is 3. The number of allylic oxidation sites excluding steroid dienone is 4. The molecule has 0 aliphatic carbocycles. The van der Waals surface area contributed by atoms with Crippen molar-refractivity contribution in [2.75, 3.05) is 13.1 Å². The molecule has 0 radical (unpaired) electrons. The number of carbonyl (C=O) groups excluding carboxylic acids is 1. The van der Waals surface area contributed by atoms with Crippen LogP contribution in [0.5, 0.6) is 0 Å². The van der Waals surface area contributed by atoms with E-state index < -0.39 is 0 Å². The van der Waals surface area contributed by atoms with Crippen molar-refractivity contribution in [1.29, 1.82) is 0 Å². The minimum absolute atomic E-state index is 0. The number of aliphatic imine (C=N–C) groups is 1. The molecule has 1 unspecified atom stereocenters. The maximum atomic E-state index is 13.9. The molecule has 5 heteroatoms. The summed E-state index contributed by atoms with van der Waals surface area (Å²) in [5, 5.41) is 3.66. The molecule has 2 aromatic carbocycles. The normalized spacial score (nSPS) is 19.2. The summed E-state index contributed by atoms with van der Waals surface area (Å²) >= 11 is 0. The van der Waals surface area contributed by atoms with Crippen molar-refractivity contribution in [3.63, 3.8) is 0 Å². The molecule has 1 atom stereocenters. The van der Waals surface area contributed by atoms with Gasteiger partial charge in [0.05, 0.1) is 5.71 Å². The maximum absolute atomic E-state index is 13.9. The van der Waals surface area contributed by atoms with E-state index in [1.807, 2.05) is 43.0 Å². The number of amides is 1. The van der Waals surface area contributed by atoms with Crippen LogP contribution in [0.3, 0.4) is 0 Å². The summed E-state index contributed by atoms with van der Waals surface area (Å²) < 4.78 is 13.9. The lowest BCUT2D eigenvalue weighted by Crippen LogP contribution is -2.45. The average Bonchev–Trinajstić information content (AvgIpc) is 2.85. The summed E-state index contributed by atoms with van der Waals surface area (Å²) in [6.07, 6.45) is 4.30. The fourth-order valence-electron chi connectivity index (χ4n) is 5.16. The zero-order chi connectivity index (χ0) is 26.0. The van der Waals surface area contributed by atoms with Gasteiger partial charge in [0, 0.05) is 48.6 Å². The summed E-state index contributed by atoms with van der Waals surface area (Å²) in [6, 6.07) is 12.4. The highest BCUT2D eigenvalue weighted by molar-refractivity contribution is 6.14. The third-order valence-corrected chi connectivity index (χ3v) is 7.43. The van der Waals surface area contributed by atoms with Gasteiger partial charge in [-0.1, -0.05) is 30.9 Å². The van der Waals surface area contributed by atoms with Crippen molar-refractivity contribution < 1.29 is 10.6 Å².